The average Bonchev–Trinajstić information content (AvgIpc) is 2.95. The molecule has 0 amide bonds. The van der Waals surface area contributed by atoms with Gasteiger partial charge in [0.05, 0.1) is 0 Å². The van der Waals surface area contributed by atoms with E-state index in [1.54, 1.807) is 13.8 Å². The molecule has 1 aliphatic carbocycles. The largest absolute Gasteiger partial charge is 0.295 e. The number of hydrogen-bond donors (Lipinski definition) is 0. The summed E-state index contributed by atoms with van der Waals surface area (Å²) in [5.41, 5.74) is 6.44. The number of fused-ring (bicyclic) bond motifs is 1. The quantitative estimate of drug-likeness (QED) is 0.787. The van der Waals surface area contributed by atoms with Crippen LogP contribution in [0.2, 0.25) is 0 Å². The number of carbonyl (C=O) groups is 2. The molecule has 2 nitrogen and oxygen atoms in total. The van der Waals surface area contributed by atoms with Crippen LogP contribution >= 0.6 is 0 Å². The molecular formula is C19H18O2. The van der Waals surface area contributed by atoms with Crippen LogP contribution < -0.4 is 0 Å². The fraction of sp³-hybridized carbons (Fsp3) is 0.263. The minimum absolute atomic E-state index is 0.0821. The van der Waals surface area contributed by atoms with Gasteiger partial charge in [0.15, 0.2) is 11.6 Å². The molecule has 0 atom stereocenters. The fourth-order valence-electron chi connectivity index (χ4n) is 3.19. The van der Waals surface area contributed by atoms with Crippen molar-refractivity contribution in [3.63, 3.8) is 0 Å². The molecule has 106 valence electrons. The summed E-state index contributed by atoms with van der Waals surface area (Å²) < 4.78 is 0. The highest BCUT2D eigenvalue weighted by Gasteiger charge is 2.20. The van der Waals surface area contributed by atoms with Crippen molar-refractivity contribution >= 4 is 11.6 Å². The summed E-state index contributed by atoms with van der Waals surface area (Å²) in [6.45, 7) is 3.21. The van der Waals surface area contributed by atoms with Crippen molar-refractivity contribution in [1.29, 1.82) is 0 Å². The highest BCUT2D eigenvalue weighted by atomic mass is 16.1. The normalized spacial score (nSPS) is 13.0. The number of hydrogen-bond acceptors (Lipinski definition) is 2. The van der Waals surface area contributed by atoms with Crippen LogP contribution in [0.1, 0.15) is 52.1 Å². The van der Waals surface area contributed by atoms with Crippen molar-refractivity contribution in [2.45, 2.75) is 33.1 Å². The first-order chi connectivity index (χ1) is 10.1. The molecule has 0 saturated heterocycles. The van der Waals surface area contributed by atoms with Crippen LogP contribution in [0.4, 0.5) is 0 Å². The first-order valence-corrected chi connectivity index (χ1v) is 7.35. The lowest BCUT2D eigenvalue weighted by molar-refractivity contribution is 0.100. The second-order valence-electron chi connectivity index (χ2n) is 5.66. The van der Waals surface area contributed by atoms with Crippen molar-refractivity contribution in [3.8, 4) is 11.1 Å². The Morgan fingerprint density at radius 2 is 1.48 bits per heavy atom. The molecule has 2 aromatic carbocycles. The zero-order chi connectivity index (χ0) is 15.0. The molecule has 0 heterocycles. The van der Waals surface area contributed by atoms with E-state index in [1.807, 2.05) is 36.4 Å². The van der Waals surface area contributed by atoms with E-state index in [9.17, 15) is 9.59 Å². The van der Waals surface area contributed by atoms with Crippen molar-refractivity contribution < 1.29 is 9.59 Å². The summed E-state index contributed by atoms with van der Waals surface area (Å²) in [6.07, 6.45) is 3.13. The lowest BCUT2D eigenvalue weighted by atomic mass is 9.92. The van der Waals surface area contributed by atoms with Gasteiger partial charge in [-0.2, -0.15) is 0 Å². The third-order valence-electron chi connectivity index (χ3n) is 4.27. The van der Waals surface area contributed by atoms with Gasteiger partial charge in [0.25, 0.3) is 0 Å². The van der Waals surface area contributed by atoms with Crippen molar-refractivity contribution in [2.24, 2.45) is 0 Å². The minimum Gasteiger partial charge on any atom is -0.295 e. The Morgan fingerprint density at radius 3 is 2.10 bits per heavy atom. The van der Waals surface area contributed by atoms with E-state index in [0.29, 0.717) is 0 Å². The summed E-state index contributed by atoms with van der Waals surface area (Å²) >= 11 is 0. The van der Waals surface area contributed by atoms with E-state index >= 15 is 0 Å². The van der Waals surface area contributed by atoms with Crippen molar-refractivity contribution in [3.05, 3.63) is 58.7 Å². The predicted octanol–water partition coefficient (Wildman–Crippen LogP) is 4.25. The molecule has 0 spiro atoms. The topological polar surface area (TPSA) is 34.1 Å². The summed E-state index contributed by atoms with van der Waals surface area (Å²) in [4.78, 5) is 23.1. The maximum absolute atomic E-state index is 11.7. The lowest BCUT2D eigenvalue weighted by Crippen LogP contribution is -2.00. The van der Waals surface area contributed by atoms with Crippen LogP contribution in [-0.4, -0.2) is 11.6 Å². The first kappa shape index (κ1) is 13.7. The third-order valence-corrected chi connectivity index (χ3v) is 4.27. The monoisotopic (exact) mass is 278 g/mol. The van der Waals surface area contributed by atoms with Gasteiger partial charge >= 0.3 is 0 Å². The SMILES string of the molecule is CC(=O)c1ccc(-c2ccc(C(C)=O)c3c2CCC3)cc1. The van der Waals surface area contributed by atoms with Gasteiger partial charge in [0.1, 0.15) is 0 Å². The molecule has 0 aromatic heterocycles. The highest BCUT2D eigenvalue weighted by Crippen LogP contribution is 2.35. The maximum Gasteiger partial charge on any atom is 0.160 e. The lowest BCUT2D eigenvalue weighted by Gasteiger charge is -2.12. The van der Waals surface area contributed by atoms with Gasteiger partial charge in [0.2, 0.25) is 0 Å². The molecule has 2 heteroatoms. The van der Waals surface area contributed by atoms with Gasteiger partial charge in [-0.3, -0.25) is 9.59 Å². The number of benzene rings is 2. The number of ketones is 2. The summed E-state index contributed by atoms with van der Waals surface area (Å²) in [6, 6.07) is 11.7. The molecule has 21 heavy (non-hydrogen) atoms. The van der Waals surface area contributed by atoms with Crippen LogP contribution in [0.3, 0.4) is 0 Å². The van der Waals surface area contributed by atoms with Crippen LogP contribution in [0, 0.1) is 0 Å². The molecule has 0 radical (unpaired) electrons. The van der Waals surface area contributed by atoms with E-state index in [4.69, 9.17) is 0 Å². The Labute approximate surface area is 124 Å². The Bertz CT molecular complexity index is 724. The van der Waals surface area contributed by atoms with Crippen LogP contribution in [0.5, 0.6) is 0 Å². The molecule has 2 aromatic rings. The second kappa shape index (κ2) is 5.28. The second-order valence-corrected chi connectivity index (χ2v) is 5.66. The Balaban J connectivity index is 2.09. The molecule has 3 rings (SSSR count). The molecule has 1 aliphatic rings. The van der Waals surface area contributed by atoms with Gasteiger partial charge in [-0.25, -0.2) is 0 Å². The fourth-order valence-corrected chi connectivity index (χ4v) is 3.19. The Morgan fingerprint density at radius 1 is 0.810 bits per heavy atom. The molecular weight excluding hydrogens is 260 g/mol. The number of carbonyl (C=O) groups excluding carboxylic acids is 2. The van der Waals surface area contributed by atoms with E-state index < -0.39 is 0 Å². The van der Waals surface area contributed by atoms with Gasteiger partial charge in [-0.15, -0.1) is 0 Å². The van der Waals surface area contributed by atoms with Gasteiger partial charge in [-0.05, 0) is 55.4 Å². The molecule has 0 aliphatic heterocycles. The van der Waals surface area contributed by atoms with Crippen LogP contribution in [0.25, 0.3) is 11.1 Å². The van der Waals surface area contributed by atoms with Crippen LogP contribution in [0.15, 0.2) is 36.4 Å². The number of Topliss-reactive ketones (excluding diaryl/α,β-unsaturated/α-hetero) is 2. The summed E-state index contributed by atoms with van der Waals surface area (Å²) in [5.74, 6) is 0.227. The molecule has 0 bridgehead atoms. The summed E-state index contributed by atoms with van der Waals surface area (Å²) in [5, 5.41) is 0. The first-order valence-electron chi connectivity index (χ1n) is 7.35. The van der Waals surface area contributed by atoms with Gasteiger partial charge in [0, 0.05) is 11.1 Å². The zero-order valence-electron chi connectivity index (χ0n) is 12.4. The molecule has 0 saturated carbocycles. The van der Waals surface area contributed by atoms with Gasteiger partial charge in [-0.1, -0.05) is 36.4 Å². The Kier molecular flexibility index (Phi) is 3.46. The molecule has 0 unspecified atom stereocenters. The van der Waals surface area contributed by atoms with E-state index in [0.717, 1.165) is 36.0 Å². The Hall–Kier alpha value is -2.22. The average molecular weight is 278 g/mol. The van der Waals surface area contributed by atoms with E-state index in [2.05, 4.69) is 0 Å². The van der Waals surface area contributed by atoms with Crippen LogP contribution in [-0.2, 0) is 12.8 Å². The maximum atomic E-state index is 11.7. The van der Waals surface area contributed by atoms with Crippen molar-refractivity contribution in [1.82, 2.24) is 0 Å². The predicted molar refractivity (Wildman–Crippen MR) is 83.9 cm³/mol. The molecule has 0 fully saturated rings. The number of rotatable bonds is 3. The standard InChI is InChI=1S/C19H18O2/c1-12(20)14-6-8-15(9-7-14)17-11-10-16(13(2)21)18-4-3-5-19(17)18/h6-11H,3-5H2,1-2H3. The molecule has 0 N–H and O–H groups in total. The van der Waals surface area contributed by atoms with E-state index in [1.165, 1.54) is 16.7 Å². The minimum atomic E-state index is 0.0821. The zero-order valence-corrected chi connectivity index (χ0v) is 12.4. The van der Waals surface area contributed by atoms with Gasteiger partial charge < -0.3 is 0 Å². The van der Waals surface area contributed by atoms with Crippen molar-refractivity contribution in [2.75, 3.05) is 0 Å². The third kappa shape index (κ3) is 2.42. The van der Waals surface area contributed by atoms with E-state index in [-0.39, 0.29) is 11.6 Å². The smallest absolute Gasteiger partial charge is 0.160 e. The summed E-state index contributed by atoms with van der Waals surface area (Å²) in [7, 11) is 0. The highest BCUT2D eigenvalue weighted by molar-refractivity contribution is 5.97.